The maximum atomic E-state index is 12.6. The molecule has 1 aliphatic rings. The Morgan fingerprint density at radius 3 is 2.62 bits per heavy atom. The third-order valence-electron chi connectivity index (χ3n) is 3.50. The lowest BCUT2D eigenvalue weighted by molar-refractivity contribution is 0.396. The van der Waals surface area contributed by atoms with Crippen LogP contribution >= 0.6 is 12.4 Å². The molecule has 0 unspecified atom stereocenters. The van der Waals surface area contributed by atoms with Crippen molar-refractivity contribution in [3.05, 3.63) is 23.3 Å². The van der Waals surface area contributed by atoms with Crippen molar-refractivity contribution in [2.24, 2.45) is 0 Å². The zero-order chi connectivity index (χ0) is 14.8. The fourth-order valence-electron chi connectivity index (χ4n) is 2.61. The Labute approximate surface area is 132 Å². The molecule has 1 heterocycles. The van der Waals surface area contributed by atoms with E-state index in [1.807, 2.05) is 19.9 Å². The zero-order valence-corrected chi connectivity index (χ0v) is 14.2. The van der Waals surface area contributed by atoms with Gasteiger partial charge in [-0.3, -0.25) is 0 Å². The van der Waals surface area contributed by atoms with Crippen molar-refractivity contribution in [3.8, 4) is 5.75 Å². The fourth-order valence-corrected chi connectivity index (χ4v) is 4.21. The zero-order valence-electron chi connectivity index (χ0n) is 12.6. The summed E-state index contributed by atoms with van der Waals surface area (Å²) in [5, 5.41) is 3.20. The maximum Gasteiger partial charge on any atom is 0.244 e. The fraction of sp³-hybridized carbons (Fsp3) is 0.571. The number of rotatable bonds is 4. The van der Waals surface area contributed by atoms with Crippen LogP contribution in [-0.2, 0) is 10.0 Å². The number of aryl methyl sites for hydroxylation is 2. The second-order valence-corrected chi connectivity index (χ2v) is 6.96. The Balaban J connectivity index is 0.00000220. The minimum atomic E-state index is -3.56. The van der Waals surface area contributed by atoms with E-state index < -0.39 is 10.0 Å². The SMILES string of the molecule is COc1c(C)cc(C)cc1S(=O)(=O)N[C@@H]1CCCNC1.Cl. The van der Waals surface area contributed by atoms with Gasteiger partial charge in [-0.25, -0.2) is 13.1 Å². The molecule has 2 rings (SSSR count). The molecular formula is C14H23ClN2O3S. The van der Waals surface area contributed by atoms with Gasteiger partial charge in [0.15, 0.2) is 0 Å². The highest BCUT2D eigenvalue weighted by Crippen LogP contribution is 2.29. The van der Waals surface area contributed by atoms with Gasteiger partial charge < -0.3 is 10.1 Å². The number of benzene rings is 1. The van der Waals surface area contributed by atoms with Crippen LogP contribution < -0.4 is 14.8 Å². The van der Waals surface area contributed by atoms with E-state index in [-0.39, 0.29) is 23.3 Å². The average Bonchev–Trinajstić information content (AvgIpc) is 2.38. The van der Waals surface area contributed by atoms with Crippen LogP contribution in [0.2, 0.25) is 0 Å². The summed E-state index contributed by atoms with van der Waals surface area (Å²) in [7, 11) is -2.06. The molecule has 1 aromatic carbocycles. The van der Waals surface area contributed by atoms with E-state index in [4.69, 9.17) is 4.74 Å². The molecule has 0 radical (unpaired) electrons. The van der Waals surface area contributed by atoms with Crippen molar-refractivity contribution in [2.45, 2.75) is 37.6 Å². The number of methoxy groups -OCH3 is 1. The predicted molar refractivity (Wildman–Crippen MR) is 85.9 cm³/mol. The molecule has 0 aromatic heterocycles. The summed E-state index contributed by atoms with van der Waals surface area (Å²) in [6, 6.07) is 3.52. The highest BCUT2D eigenvalue weighted by atomic mass is 35.5. The summed E-state index contributed by atoms with van der Waals surface area (Å²) in [5.41, 5.74) is 1.74. The molecule has 120 valence electrons. The normalized spacial score (nSPS) is 18.9. The van der Waals surface area contributed by atoms with Crippen LogP contribution in [0, 0.1) is 13.8 Å². The first-order valence-electron chi connectivity index (χ1n) is 6.82. The molecule has 1 aliphatic heterocycles. The van der Waals surface area contributed by atoms with Crippen LogP contribution in [0.5, 0.6) is 5.75 Å². The number of halogens is 1. The van der Waals surface area contributed by atoms with Gasteiger partial charge in [0.05, 0.1) is 7.11 Å². The number of hydrogen-bond acceptors (Lipinski definition) is 4. The van der Waals surface area contributed by atoms with E-state index in [2.05, 4.69) is 10.0 Å². The Bertz CT molecular complexity index is 584. The van der Waals surface area contributed by atoms with Gasteiger partial charge in [-0.05, 0) is 50.4 Å². The molecule has 0 bridgehead atoms. The van der Waals surface area contributed by atoms with E-state index in [9.17, 15) is 8.42 Å². The van der Waals surface area contributed by atoms with Crippen molar-refractivity contribution in [3.63, 3.8) is 0 Å². The highest BCUT2D eigenvalue weighted by Gasteiger charge is 2.25. The molecule has 1 aromatic rings. The van der Waals surface area contributed by atoms with Crippen molar-refractivity contribution in [1.29, 1.82) is 0 Å². The van der Waals surface area contributed by atoms with Crippen LogP contribution in [-0.4, -0.2) is 34.7 Å². The molecule has 5 nitrogen and oxygen atoms in total. The minimum Gasteiger partial charge on any atom is -0.495 e. The number of ether oxygens (including phenoxy) is 1. The maximum absolute atomic E-state index is 12.6. The van der Waals surface area contributed by atoms with Gasteiger partial charge in [0.25, 0.3) is 0 Å². The third kappa shape index (κ3) is 4.32. The van der Waals surface area contributed by atoms with Crippen molar-refractivity contribution in [2.75, 3.05) is 20.2 Å². The smallest absolute Gasteiger partial charge is 0.244 e. The Morgan fingerprint density at radius 1 is 1.33 bits per heavy atom. The van der Waals surface area contributed by atoms with Crippen LogP contribution in [0.1, 0.15) is 24.0 Å². The average molecular weight is 335 g/mol. The second kappa shape index (κ2) is 7.45. The van der Waals surface area contributed by atoms with Gasteiger partial charge in [-0.15, -0.1) is 12.4 Å². The quantitative estimate of drug-likeness (QED) is 0.880. The Hall–Kier alpha value is -0.820. The topological polar surface area (TPSA) is 67.4 Å². The molecule has 7 heteroatoms. The molecule has 21 heavy (non-hydrogen) atoms. The molecule has 1 fully saturated rings. The molecule has 0 amide bonds. The summed E-state index contributed by atoms with van der Waals surface area (Å²) in [6.07, 6.45) is 1.84. The first-order valence-corrected chi connectivity index (χ1v) is 8.30. The lowest BCUT2D eigenvalue weighted by Gasteiger charge is -2.24. The standard InChI is InChI=1S/C14H22N2O3S.ClH/c1-10-7-11(2)14(19-3)13(8-10)20(17,18)16-12-5-4-6-15-9-12;/h7-8,12,15-16H,4-6,9H2,1-3H3;1H/t12-;/m1./s1. The third-order valence-corrected chi connectivity index (χ3v) is 5.02. The van der Waals surface area contributed by atoms with E-state index in [1.54, 1.807) is 6.07 Å². The molecular weight excluding hydrogens is 312 g/mol. The molecule has 1 saturated heterocycles. The van der Waals surface area contributed by atoms with Gasteiger partial charge >= 0.3 is 0 Å². The Kier molecular flexibility index (Phi) is 6.46. The monoisotopic (exact) mass is 334 g/mol. The van der Waals surface area contributed by atoms with Crippen LogP contribution in [0.25, 0.3) is 0 Å². The highest BCUT2D eigenvalue weighted by molar-refractivity contribution is 7.89. The number of hydrogen-bond donors (Lipinski definition) is 2. The summed E-state index contributed by atoms with van der Waals surface area (Å²) in [5.74, 6) is 0.423. The molecule has 1 atom stereocenters. The van der Waals surface area contributed by atoms with Gasteiger partial charge in [0, 0.05) is 12.6 Å². The van der Waals surface area contributed by atoms with Gasteiger partial charge in [-0.2, -0.15) is 0 Å². The van der Waals surface area contributed by atoms with Gasteiger partial charge in [-0.1, -0.05) is 6.07 Å². The number of nitrogens with one attached hydrogen (secondary N) is 2. The van der Waals surface area contributed by atoms with Crippen molar-refractivity contribution < 1.29 is 13.2 Å². The first kappa shape index (κ1) is 18.2. The van der Waals surface area contributed by atoms with Crippen LogP contribution in [0.15, 0.2) is 17.0 Å². The minimum absolute atomic E-state index is 0. The number of piperidine rings is 1. The first-order chi connectivity index (χ1) is 9.44. The number of sulfonamides is 1. The molecule has 0 saturated carbocycles. The molecule has 0 aliphatic carbocycles. The lowest BCUT2D eigenvalue weighted by atomic mass is 10.1. The summed E-state index contributed by atoms with van der Waals surface area (Å²) < 4.78 is 33.2. The van der Waals surface area contributed by atoms with Crippen LogP contribution in [0.4, 0.5) is 0 Å². The van der Waals surface area contributed by atoms with Crippen LogP contribution in [0.3, 0.4) is 0 Å². The van der Waals surface area contributed by atoms with Gasteiger partial charge in [0.1, 0.15) is 10.6 Å². The predicted octanol–water partition coefficient (Wildman–Crippen LogP) is 1.76. The lowest BCUT2D eigenvalue weighted by Crippen LogP contribution is -2.45. The summed E-state index contributed by atoms with van der Waals surface area (Å²) in [4.78, 5) is 0.225. The van der Waals surface area contributed by atoms with E-state index in [1.165, 1.54) is 7.11 Å². The second-order valence-electron chi connectivity index (χ2n) is 5.28. The molecule has 2 N–H and O–H groups in total. The summed E-state index contributed by atoms with van der Waals surface area (Å²) >= 11 is 0. The Morgan fingerprint density at radius 2 is 2.05 bits per heavy atom. The summed E-state index contributed by atoms with van der Waals surface area (Å²) in [6.45, 7) is 5.36. The van der Waals surface area contributed by atoms with Gasteiger partial charge in [0.2, 0.25) is 10.0 Å². The van der Waals surface area contributed by atoms with E-state index in [0.29, 0.717) is 12.3 Å². The van der Waals surface area contributed by atoms with E-state index >= 15 is 0 Å². The van der Waals surface area contributed by atoms with Crippen molar-refractivity contribution in [1.82, 2.24) is 10.0 Å². The molecule has 0 spiro atoms. The van der Waals surface area contributed by atoms with Crippen molar-refractivity contribution >= 4 is 22.4 Å². The largest absolute Gasteiger partial charge is 0.495 e. The van der Waals surface area contributed by atoms with E-state index in [0.717, 1.165) is 30.5 Å².